The summed E-state index contributed by atoms with van der Waals surface area (Å²) in [4.78, 5) is 17.9. The molecule has 0 bridgehead atoms. The van der Waals surface area contributed by atoms with Crippen molar-refractivity contribution < 1.29 is 19.1 Å². The maximum atomic E-state index is 12.2. The predicted octanol–water partition coefficient (Wildman–Crippen LogP) is 5.08. The van der Waals surface area contributed by atoms with Crippen LogP contribution in [0.1, 0.15) is 35.1 Å². The fourth-order valence-corrected chi connectivity index (χ4v) is 4.00. The third kappa shape index (κ3) is 8.24. The first-order valence-electron chi connectivity index (χ1n) is 12.5. The van der Waals surface area contributed by atoms with Gasteiger partial charge in [-0.25, -0.2) is 0 Å². The lowest BCUT2D eigenvalue weighted by Gasteiger charge is -2.22. The summed E-state index contributed by atoms with van der Waals surface area (Å²) in [5.74, 6) is 1.01. The number of aryl methyl sites for hydroxylation is 1. The van der Waals surface area contributed by atoms with E-state index in [1.807, 2.05) is 54.6 Å². The molecule has 0 saturated carbocycles. The Morgan fingerprint density at radius 3 is 2.39 bits per heavy atom. The number of hydrogen-bond donors (Lipinski definition) is 1. The molecule has 0 aromatic heterocycles. The SMILES string of the molecule is Cc1ccc(CON=C(Cc2ccccc2)c2ccc(OCC(=O)NCC3CCOCC3)cc2)cc1. The Balaban J connectivity index is 1.34. The van der Waals surface area contributed by atoms with Crippen LogP contribution in [0.25, 0.3) is 0 Å². The van der Waals surface area contributed by atoms with Gasteiger partial charge in [0, 0.05) is 26.2 Å². The molecule has 4 rings (SSSR count). The third-order valence-corrected chi connectivity index (χ3v) is 6.23. The van der Waals surface area contributed by atoms with Crippen LogP contribution in [0, 0.1) is 12.8 Å². The zero-order valence-electron chi connectivity index (χ0n) is 20.8. The van der Waals surface area contributed by atoms with Gasteiger partial charge in [0.05, 0.1) is 5.71 Å². The van der Waals surface area contributed by atoms with Gasteiger partial charge in [-0.1, -0.05) is 65.3 Å². The van der Waals surface area contributed by atoms with Gasteiger partial charge < -0.3 is 19.6 Å². The second kappa shape index (κ2) is 13.4. The molecule has 1 fully saturated rings. The molecule has 0 spiro atoms. The number of ether oxygens (including phenoxy) is 2. The van der Waals surface area contributed by atoms with E-state index in [4.69, 9.17) is 14.3 Å². The Kier molecular flexibility index (Phi) is 9.51. The molecule has 1 aliphatic heterocycles. The summed E-state index contributed by atoms with van der Waals surface area (Å²) in [6, 6.07) is 26.0. The summed E-state index contributed by atoms with van der Waals surface area (Å²) < 4.78 is 11.1. The first-order valence-corrected chi connectivity index (χ1v) is 12.5. The highest BCUT2D eigenvalue weighted by atomic mass is 16.6. The molecule has 0 radical (unpaired) electrons. The fourth-order valence-electron chi connectivity index (χ4n) is 4.00. The van der Waals surface area contributed by atoms with Gasteiger partial charge in [0.1, 0.15) is 12.4 Å². The number of nitrogens with zero attached hydrogens (tertiary/aromatic N) is 1. The summed E-state index contributed by atoms with van der Waals surface area (Å²) in [5, 5.41) is 7.45. The van der Waals surface area contributed by atoms with Crippen LogP contribution in [0.5, 0.6) is 5.75 Å². The molecule has 6 nitrogen and oxygen atoms in total. The highest BCUT2D eigenvalue weighted by molar-refractivity contribution is 6.01. The van der Waals surface area contributed by atoms with Crippen LogP contribution in [0.3, 0.4) is 0 Å². The minimum Gasteiger partial charge on any atom is -0.484 e. The van der Waals surface area contributed by atoms with Gasteiger partial charge in [-0.05, 0) is 66.6 Å². The lowest BCUT2D eigenvalue weighted by molar-refractivity contribution is -0.123. The molecule has 1 heterocycles. The van der Waals surface area contributed by atoms with Gasteiger partial charge in [-0.15, -0.1) is 0 Å². The molecule has 3 aromatic rings. The maximum absolute atomic E-state index is 12.2. The highest BCUT2D eigenvalue weighted by Gasteiger charge is 2.15. The third-order valence-electron chi connectivity index (χ3n) is 6.23. The number of amides is 1. The standard InChI is InChI=1S/C30H34N2O4/c1-23-7-9-26(10-8-23)21-36-32-29(19-24-5-3-2-4-6-24)27-11-13-28(14-12-27)35-22-30(33)31-20-25-15-17-34-18-16-25/h2-14,25H,15-22H2,1H3,(H,31,33). The Hall–Kier alpha value is -3.64. The lowest BCUT2D eigenvalue weighted by atomic mass is 10.0. The molecule has 0 aliphatic carbocycles. The quantitative estimate of drug-likeness (QED) is 0.303. The van der Waals surface area contributed by atoms with Gasteiger partial charge >= 0.3 is 0 Å². The Labute approximate surface area is 213 Å². The smallest absolute Gasteiger partial charge is 0.257 e. The molecule has 3 aromatic carbocycles. The molecule has 36 heavy (non-hydrogen) atoms. The monoisotopic (exact) mass is 486 g/mol. The fraction of sp³-hybridized carbons (Fsp3) is 0.333. The summed E-state index contributed by atoms with van der Waals surface area (Å²) in [5.41, 5.74) is 5.21. The van der Waals surface area contributed by atoms with Crippen molar-refractivity contribution in [2.24, 2.45) is 11.1 Å². The van der Waals surface area contributed by atoms with E-state index < -0.39 is 0 Å². The second-order valence-electron chi connectivity index (χ2n) is 9.13. The number of nitrogens with one attached hydrogen (secondary N) is 1. The second-order valence-corrected chi connectivity index (χ2v) is 9.13. The van der Waals surface area contributed by atoms with Crippen molar-refractivity contribution in [2.75, 3.05) is 26.4 Å². The largest absolute Gasteiger partial charge is 0.484 e. The first kappa shape index (κ1) is 25.5. The molecule has 1 amide bonds. The maximum Gasteiger partial charge on any atom is 0.257 e. The number of hydrogen-bond acceptors (Lipinski definition) is 5. The van der Waals surface area contributed by atoms with Crippen LogP contribution in [0.4, 0.5) is 0 Å². The minimum absolute atomic E-state index is 0.00676. The van der Waals surface area contributed by atoms with Crippen LogP contribution in [0.2, 0.25) is 0 Å². The Morgan fingerprint density at radius 2 is 1.67 bits per heavy atom. The number of benzene rings is 3. The van der Waals surface area contributed by atoms with E-state index >= 15 is 0 Å². The molecular weight excluding hydrogens is 452 g/mol. The van der Waals surface area contributed by atoms with E-state index in [0.29, 0.717) is 31.2 Å². The van der Waals surface area contributed by atoms with E-state index in [-0.39, 0.29) is 12.5 Å². The molecule has 1 aliphatic rings. The number of carbonyl (C=O) groups excluding carboxylic acids is 1. The zero-order chi connectivity index (χ0) is 25.0. The Morgan fingerprint density at radius 1 is 0.944 bits per heavy atom. The number of carbonyl (C=O) groups is 1. The minimum atomic E-state index is -0.110. The van der Waals surface area contributed by atoms with Gasteiger partial charge in [-0.2, -0.15) is 0 Å². The average Bonchev–Trinajstić information content (AvgIpc) is 2.93. The van der Waals surface area contributed by atoms with Crippen LogP contribution in [0.15, 0.2) is 84.0 Å². The van der Waals surface area contributed by atoms with Crippen molar-refractivity contribution in [3.8, 4) is 5.75 Å². The van der Waals surface area contributed by atoms with Crippen molar-refractivity contribution in [2.45, 2.75) is 32.8 Å². The van der Waals surface area contributed by atoms with Gasteiger partial charge in [0.25, 0.3) is 5.91 Å². The van der Waals surface area contributed by atoms with Crippen molar-refractivity contribution in [1.82, 2.24) is 5.32 Å². The molecule has 1 N–H and O–H groups in total. The summed E-state index contributed by atoms with van der Waals surface area (Å²) in [6.07, 6.45) is 2.62. The normalized spacial score (nSPS) is 14.3. The zero-order valence-corrected chi connectivity index (χ0v) is 20.8. The van der Waals surface area contributed by atoms with E-state index in [1.165, 1.54) is 5.56 Å². The van der Waals surface area contributed by atoms with E-state index in [9.17, 15) is 4.79 Å². The number of oxime groups is 1. The Bertz CT molecular complexity index is 1110. The molecule has 1 saturated heterocycles. The highest BCUT2D eigenvalue weighted by Crippen LogP contribution is 2.16. The van der Waals surface area contributed by atoms with Crippen molar-refractivity contribution in [1.29, 1.82) is 0 Å². The first-order chi connectivity index (χ1) is 17.7. The van der Waals surface area contributed by atoms with Crippen molar-refractivity contribution in [3.63, 3.8) is 0 Å². The molecule has 188 valence electrons. The lowest BCUT2D eigenvalue weighted by Crippen LogP contribution is -2.35. The molecular formula is C30H34N2O4. The van der Waals surface area contributed by atoms with E-state index in [2.05, 4.69) is 41.7 Å². The van der Waals surface area contributed by atoms with Crippen LogP contribution in [-0.2, 0) is 27.4 Å². The molecule has 0 atom stereocenters. The van der Waals surface area contributed by atoms with Crippen molar-refractivity contribution in [3.05, 3.63) is 101 Å². The number of rotatable bonds is 11. The summed E-state index contributed by atoms with van der Waals surface area (Å²) >= 11 is 0. The van der Waals surface area contributed by atoms with Crippen LogP contribution >= 0.6 is 0 Å². The van der Waals surface area contributed by atoms with E-state index in [0.717, 1.165) is 48.5 Å². The summed E-state index contributed by atoms with van der Waals surface area (Å²) in [6.45, 7) is 4.68. The van der Waals surface area contributed by atoms with Gasteiger partial charge in [-0.3, -0.25) is 4.79 Å². The van der Waals surface area contributed by atoms with Crippen molar-refractivity contribution >= 4 is 11.6 Å². The predicted molar refractivity (Wildman–Crippen MR) is 141 cm³/mol. The topological polar surface area (TPSA) is 69.2 Å². The average molecular weight is 487 g/mol. The summed E-state index contributed by atoms with van der Waals surface area (Å²) in [7, 11) is 0. The van der Waals surface area contributed by atoms with E-state index in [1.54, 1.807) is 0 Å². The van der Waals surface area contributed by atoms with Gasteiger partial charge in [0.2, 0.25) is 0 Å². The molecule has 6 heteroatoms. The van der Waals surface area contributed by atoms with Gasteiger partial charge in [0.15, 0.2) is 6.61 Å². The van der Waals surface area contributed by atoms with Crippen LogP contribution in [-0.4, -0.2) is 38.0 Å². The molecule has 0 unspecified atom stereocenters. The van der Waals surface area contributed by atoms with Crippen LogP contribution < -0.4 is 10.1 Å².